The second kappa shape index (κ2) is 4.73. The van der Waals surface area contributed by atoms with E-state index in [2.05, 4.69) is 14.6 Å². The highest BCUT2D eigenvalue weighted by Crippen LogP contribution is 1.91. The Morgan fingerprint density at radius 3 is 3.00 bits per heavy atom. The molecule has 0 radical (unpaired) electrons. The molecular weight excluding hydrogens is 128 g/mol. The zero-order valence-corrected chi connectivity index (χ0v) is 5.33. The third kappa shape index (κ3) is 5.58. The van der Waals surface area contributed by atoms with Crippen molar-refractivity contribution in [2.45, 2.75) is 6.92 Å². The van der Waals surface area contributed by atoms with Gasteiger partial charge in [-0.1, -0.05) is 0 Å². The molecule has 0 saturated heterocycles. The lowest BCUT2D eigenvalue weighted by Gasteiger charge is -1.95. The first kappa shape index (κ1) is 7.58. The van der Waals surface area contributed by atoms with Crippen molar-refractivity contribution in [3.63, 3.8) is 0 Å². The van der Waals surface area contributed by atoms with E-state index in [0.717, 1.165) is 12.2 Å². The first-order valence-electron chi connectivity index (χ1n) is 2.11. The molecule has 0 aromatic carbocycles. The third-order valence-electron chi connectivity index (χ3n) is 0.319. The van der Waals surface area contributed by atoms with Gasteiger partial charge in [0.1, 0.15) is 12.2 Å². The number of nitrogens with one attached hydrogen (secondary N) is 1. The molecule has 2 amide bonds. The molecule has 0 aliphatic rings. The van der Waals surface area contributed by atoms with Crippen LogP contribution in [0.5, 0.6) is 0 Å². The highest BCUT2D eigenvalue weighted by molar-refractivity contribution is 7.93. The molecule has 8 heavy (non-hydrogen) atoms. The lowest BCUT2D eigenvalue weighted by molar-refractivity contribution is 0.253. The molecule has 0 aromatic rings. The summed E-state index contributed by atoms with van der Waals surface area (Å²) in [4.78, 5) is 9.88. The Morgan fingerprint density at radius 2 is 2.62 bits per heavy atom. The minimum absolute atomic E-state index is 0.547. The molecule has 5 heteroatoms. The van der Waals surface area contributed by atoms with Gasteiger partial charge in [-0.15, -0.1) is 0 Å². The van der Waals surface area contributed by atoms with E-state index < -0.39 is 6.03 Å². The van der Waals surface area contributed by atoms with Crippen LogP contribution in [-0.2, 0) is 4.18 Å². The van der Waals surface area contributed by atoms with Crippen molar-refractivity contribution in [1.29, 1.82) is 0 Å². The van der Waals surface area contributed by atoms with Gasteiger partial charge in [0.2, 0.25) is 0 Å². The molecule has 48 valence electrons. The van der Waals surface area contributed by atoms with Crippen LogP contribution in [0.3, 0.4) is 0 Å². The molecule has 0 saturated carbocycles. The van der Waals surface area contributed by atoms with Crippen LogP contribution in [-0.4, -0.2) is 12.6 Å². The van der Waals surface area contributed by atoms with Gasteiger partial charge in [0.25, 0.3) is 0 Å². The number of hydrogen-bond donors (Lipinski definition) is 2. The number of rotatable bonds is 3. The molecule has 0 aliphatic heterocycles. The molecule has 0 fully saturated rings. The van der Waals surface area contributed by atoms with Crippen molar-refractivity contribution in [3.8, 4) is 0 Å². The zero-order chi connectivity index (χ0) is 6.41. The maximum atomic E-state index is 9.88. The van der Waals surface area contributed by atoms with Crippen LogP contribution in [0.15, 0.2) is 0 Å². The largest absolute Gasteiger partial charge is 0.351 e. The summed E-state index contributed by atoms with van der Waals surface area (Å²) in [5.41, 5.74) is 4.68. The van der Waals surface area contributed by atoms with Gasteiger partial charge < -0.3 is 5.73 Å². The summed E-state index contributed by atoms with van der Waals surface area (Å²) in [6, 6.07) is -0.594. The van der Waals surface area contributed by atoms with Crippen LogP contribution in [0.1, 0.15) is 6.92 Å². The van der Waals surface area contributed by atoms with E-state index in [1.54, 1.807) is 0 Å². The molecular formula is C3H8N2O2S. The fraction of sp³-hybridized carbons (Fsp3) is 0.667. The highest BCUT2D eigenvalue weighted by atomic mass is 32.2. The Hall–Kier alpha value is -0.420. The second-order valence-corrected chi connectivity index (χ2v) is 1.56. The van der Waals surface area contributed by atoms with Crippen LogP contribution < -0.4 is 10.5 Å². The summed E-state index contributed by atoms with van der Waals surface area (Å²) in [5, 5.41) is 0. The van der Waals surface area contributed by atoms with E-state index in [1.807, 2.05) is 6.92 Å². The van der Waals surface area contributed by atoms with Gasteiger partial charge in [0.15, 0.2) is 0 Å². The molecule has 0 heterocycles. The molecule has 0 aromatic heterocycles. The van der Waals surface area contributed by atoms with E-state index in [1.165, 1.54) is 0 Å². The van der Waals surface area contributed by atoms with Crippen molar-refractivity contribution >= 4 is 18.3 Å². The Kier molecular flexibility index (Phi) is 4.48. The number of nitrogens with two attached hydrogens (primary N) is 1. The van der Waals surface area contributed by atoms with Crippen molar-refractivity contribution in [2.24, 2.45) is 5.73 Å². The van der Waals surface area contributed by atoms with Crippen molar-refractivity contribution in [1.82, 2.24) is 4.72 Å². The highest BCUT2D eigenvalue weighted by Gasteiger charge is 1.87. The Morgan fingerprint density at radius 1 is 2.00 bits per heavy atom. The summed E-state index contributed by atoms with van der Waals surface area (Å²) < 4.78 is 6.83. The Balaban J connectivity index is 2.82. The maximum Gasteiger partial charge on any atom is 0.323 e. The molecule has 0 spiro atoms. The molecule has 0 aliphatic carbocycles. The molecule has 0 unspecified atom stereocenters. The smallest absolute Gasteiger partial charge is 0.323 e. The zero-order valence-electron chi connectivity index (χ0n) is 4.51. The second-order valence-electron chi connectivity index (χ2n) is 0.956. The third-order valence-corrected chi connectivity index (χ3v) is 0.957. The quantitative estimate of drug-likeness (QED) is 0.332. The van der Waals surface area contributed by atoms with Crippen LogP contribution in [0.2, 0.25) is 0 Å². The van der Waals surface area contributed by atoms with Crippen LogP contribution in [0.25, 0.3) is 0 Å². The van der Waals surface area contributed by atoms with E-state index in [0.29, 0.717) is 6.61 Å². The number of carbonyl (C=O) groups is 1. The van der Waals surface area contributed by atoms with E-state index in [-0.39, 0.29) is 0 Å². The van der Waals surface area contributed by atoms with E-state index >= 15 is 0 Å². The normalized spacial score (nSPS) is 8.62. The predicted molar refractivity (Wildman–Crippen MR) is 31.9 cm³/mol. The summed E-state index contributed by atoms with van der Waals surface area (Å²) in [6.07, 6.45) is 0. The SMILES string of the molecule is CCOSNC(N)=O. The van der Waals surface area contributed by atoms with Crippen molar-refractivity contribution in [2.75, 3.05) is 6.61 Å². The average molecular weight is 136 g/mol. The lowest BCUT2D eigenvalue weighted by atomic mass is 10.9. The van der Waals surface area contributed by atoms with Crippen LogP contribution in [0.4, 0.5) is 4.79 Å². The lowest BCUT2D eigenvalue weighted by Crippen LogP contribution is -2.23. The number of hydrogen-bond acceptors (Lipinski definition) is 3. The van der Waals surface area contributed by atoms with Gasteiger partial charge in [-0.3, -0.25) is 8.91 Å². The van der Waals surface area contributed by atoms with Gasteiger partial charge in [-0.2, -0.15) is 0 Å². The molecule has 0 rings (SSSR count). The molecule has 4 nitrogen and oxygen atoms in total. The van der Waals surface area contributed by atoms with Gasteiger partial charge in [0, 0.05) is 0 Å². The topological polar surface area (TPSA) is 64.3 Å². The van der Waals surface area contributed by atoms with Crippen LogP contribution >= 0.6 is 12.2 Å². The van der Waals surface area contributed by atoms with Gasteiger partial charge in [-0.25, -0.2) is 4.79 Å². The van der Waals surface area contributed by atoms with Crippen molar-refractivity contribution in [3.05, 3.63) is 0 Å². The first-order valence-corrected chi connectivity index (χ1v) is 2.85. The minimum Gasteiger partial charge on any atom is -0.351 e. The molecule has 3 N–H and O–H groups in total. The summed E-state index contributed by atoms with van der Waals surface area (Å²) in [6.45, 7) is 2.36. The predicted octanol–water partition coefficient (Wildman–Crippen LogP) is 0.254. The number of primary amides is 1. The maximum absolute atomic E-state index is 9.88. The number of carbonyl (C=O) groups excluding carboxylic acids is 1. The van der Waals surface area contributed by atoms with Crippen LogP contribution in [0, 0.1) is 0 Å². The molecule has 0 bridgehead atoms. The van der Waals surface area contributed by atoms with Crippen molar-refractivity contribution < 1.29 is 8.98 Å². The summed E-state index contributed by atoms with van der Waals surface area (Å²) >= 11 is 0.837. The van der Waals surface area contributed by atoms with E-state index in [4.69, 9.17) is 0 Å². The fourth-order valence-corrected chi connectivity index (χ4v) is 0.388. The Labute approximate surface area is 52.1 Å². The summed E-state index contributed by atoms with van der Waals surface area (Å²) in [7, 11) is 0. The number of amides is 2. The van der Waals surface area contributed by atoms with Gasteiger partial charge in [-0.05, 0) is 6.92 Å². The minimum atomic E-state index is -0.594. The fourth-order valence-electron chi connectivity index (χ4n) is 0.129. The first-order chi connectivity index (χ1) is 3.77. The average Bonchev–Trinajstić information content (AvgIpc) is 1.66. The van der Waals surface area contributed by atoms with Gasteiger partial charge in [0.05, 0.1) is 6.61 Å². The number of urea groups is 1. The molecule has 0 atom stereocenters. The Bertz CT molecular complexity index is 77.7. The monoisotopic (exact) mass is 136 g/mol. The van der Waals surface area contributed by atoms with E-state index in [9.17, 15) is 4.79 Å². The standard InChI is InChI=1S/C3H8N2O2S/c1-2-7-8-5-3(4)6/h2H2,1H3,(H3,4,5,6). The summed E-state index contributed by atoms with van der Waals surface area (Å²) in [5.74, 6) is 0. The van der Waals surface area contributed by atoms with Gasteiger partial charge >= 0.3 is 6.03 Å².